The van der Waals surface area contributed by atoms with Gasteiger partial charge in [-0.05, 0) is 36.2 Å². The van der Waals surface area contributed by atoms with Gasteiger partial charge in [0.2, 0.25) is 0 Å². The van der Waals surface area contributed by atoms with E-state index in [9.17, 15) is 4.79 Å². The van der Waals surface area contributed by atoms with Gasteiger partial charge in [-0.1, -0.05) is 42.5 Å². The Morgan fingerprint density at radius 3 is 2.59 bits per heavy atom. The third-order valence-corrected chi connectivity index (χ3v) is 5.22. The van der Waals surface area contributed by atoms with E-state index < -0.39 is 0 Å². The summed E-state index contributed by atoms with van der Waals surface area (Å²) in [7, 11) is 0. The van der Waals surface area contributed by atoms with Crippen molar-refractivity contribution in [2.75, 3.05) is 5.32 Å². The van der Waals surface area contributed by atoms with E-state index in [1.165, 1.54) is 11.3 Å². The molecule has 2 aromatic carbocycles. The molecule has 0 radical (unpaired) electrons. The first-order valence-electron chi connectivity index (χ1n) is 8.91. The normalized spacial score (nSPS) is 10.3. The number of carbonyl (C=O) groups is 1. The first kappa shape index (κ1) is 18.5. The molecule has 5 nitrogen and oxygen atoms in total. The predicted molar refractivity (Wildman–Crippen MR) is 116 cm³/mol. The zero-order valence-electron chi connectivity index (χ0n) is 15.6. The van der Waals surface area contributed by atoms with Gasteiger partial charge < -0.3 is 0 Å². The maximum absolute atomic E-state index is 12.5. The zero-order valence-corrected chi connectivity index (χ0v) is 16.4. The van der Waals surface area contributed by atoms with Gasteiger partial charge in [0.05, 0.1) is 17.8 Å². The second-order valence-electron chi connectivity index (χ2n) is 6.37. The summed E-state index contributed by atoms with van der Waals surface area (Å²) < 4.78 is 0. The number of thiazole rings is 1. The molecule has 29 heavy (non-hydrogen) atoms. The third-order valence-electron chi connectivity index (χ3n) is 4.46. The number of anilines is 1. The maximum atomic E-state index is 12.5. The minimum absolute atomic E-state index is 0.217. The molecule has 4 aromatic rings. The lowest BCUT2D eigenvalue weighted by Crippen LogP contribution is -2.13. The summed E-state index contributed by atoms with van der Waals surface area (Å²) in [5, 5.41) is 5.31. The van der Waals surface area contributed by atoms with Gasteiger partial charge in [-0.15, -0.1) is 11.3 Å². The Balaban J connectivity index is 1.56. The molecular weight excluding hydrogens is 380 g/mol. The number of pyridine rings is 1. The molecule has 2 heterocycles. The lowest BCUT2D eigenvalue weighted by Gasteiger charge is -2.05. The molecule has 6 heteroatoms. The van der Waals surface area contributed by atoms with E-state index in [0.29, 0.717) is 22.1 Å². The number of carbonyl (C=O) groups excluding carboxylic acids is 1. The summed E-state index contributed by atoms with van der Waals surface area (Å²) in [6.45, 7) is 8.87. The van der Waals surface area contributed by atoms with Crippen LogP contribution in [0.25, 0.3) is 27.2 Å². The quantitative estimate of drug-likeness (QED) is 0.432. The van der Waals surface area contributed by atoms with E-state index in [4.69, 9.17) is 6.57 Å². The molecule has 0 fully saturated rings. The fraction of sp³-hybridized carbons (Fsp3) is 0.0435. The molecule has 0 aliphatic rings. The molecule has 0 bridgehead atoms. The molecule has 1 N–H and O–H groups in total. The van der Waals surface area contributed by atoms with Crippen LogP contribution in [0.15, 0.2) is 72.2 Å². The Bertz CT molecular complexity index is 1220. The number of nitrogens with zero attached hydrogens (tertiary/aromatic N) is 3. The smallest absolute Gasteiger partial charge is 0.259 e. The van der Waals surface area contributed by atoms with Gasteiger partial charge in [0, 0.05) is 22.8 Å². The molecule has 0 atom stereocenters. The number of rotatable bonds is 4. The Kier molecular flexibility index (Phi) is 5.14. The summed E-state index contributed by atoms with van der Waals surface area (Å²) >= 11 is 1.38. The van der Waals surface area contributed by atoms with Gasteiger partial charge in [0.15, 0.2) is 10.8 Å². The number of hydrogen-bond acceptors (Lipinski definition) is 4. The molecule has 0 saturated carbocycles. The van der Waals surface area contributed by atoms with E-state index >= 15 is 0 Å². The van der Waals surface area contributed by atoms with Gasteiger partial charge >= 0.3 is 0 Å². The van der Waals surface area contributed by atoms with E-state index in [-0.39, 0.29) is 5.91 Å². The number of aryl methyl sites for hydroxylation is 1. The Hall–Kier alpha value is -3.82. The van der Waals surface area contributed by atoms with Crippen molar-refractivity contribution in [3.8, 4) is 22.4 Å². The highest BCUT2D eigenvalue weighted by Gasteiger charge is 2.12. The summed E-state index contributed by atoms with van der Waals surface area (Å²) in [5.74, 6) is -0.217. The Morgan fingerprint density at radius 2 is 1.83 bits per heavy atom. The average Bonchev–Trinajstić information content (AvgIpc) is 3.22. The fourth-order valence-electron chi connectivity index (χ4n) is 2.94. The highest BCUT2D eigenvalue weighted by Crippen LogP contribution is 2.30. The Morgan fingerprint density at radius 1 is 1.03 bits per heavy atom. The van der Waals surface area contributed by atoms with Crippen LogP contribution in [0.5, 0.6) is 0 Å². The maximum Gasteiger partial charge on any atom is 0.259 e. The van der Waals surface area contributed by atoms with E-state index in [1.54, 1.807) is 25.3 Å². The van der Waals surface area contributed by atoms with Crippen LogP contribution in [0.2, 0.25) is 0 Å². The van der Waals surface area contributed by atoms with Crippen molar-refractivity contribution in [2.45, 2.75) is 6.92 Å². The molecule has 0 aliphatic heterocycles. The number of benzene rings is 2. The minimum Gasteiger partial charge on any atom is -0.298 e. The first-order chi connectivity index (χ1) is 14.1. The average molecular weight is 396 g/mol. The summed E-state index contributed by atoms with van der Waals surface area (Å²) in [4.78, 5) is 24.6. The SMILES string of the molecule is [C-]#[N+]c1ccc(-c2cccc(-c3csc(NC(=O)c4cccnc4C)n3)c2)cc1. The number of amides is 1. The van der Waals surface area contributed by atoms with E-state index in [0.717, 1.165) is 22.4 Å². The third kappa shape index (κ3) is 4.05. The van der Waals surface area contributed by atoms with Crippen LogP contribution >= 0.6 is 11.3 Å². The number of hydrogen-bond donors (Lipinski definition) is 1. The highest BCUT2D eigenvalue weighted by molar-refractivity contribution is 7.14. The molecular formula is C23H16N4OS. The second-order valence-corrected chi connectivity index (χ2v) is 7.23. The van der Waals surface area contributed by atoms with E-state index in [1.807, 2.05) is 47.8 Å². The predicted octanol–water partition coefficient (Wildman–Crippen LogP) is 5.98. The van der Waals surface area contributed by atoms with Gasteiger partial charge in [-0.25, -0.2) is 9.83 Å². The zero-order chi connectivity index (χ0) is 20.2. The van der Waals surface area contributed by atoms with E-state index in [2.05, 4.69) is 26.2 Å². The monoisotopic (exact) mass is 396 g/mol. The molecule has 0 aliphatic carbocycles. The summed E-state index contributed by atoms with van der Waals surface area (Å²) in [6.07, 6.45) is 1.66. The summed E-state index contributed by atoms with van der Waals surface area (Å²) in [5.41, 5.74) is 5.68. The lowest BCUT2D eigenvalue weighted by molar-refractivity contribution is 0.102. The van der Waals surface area contributed by atoms with Gasteiger partial charge in [0.25, 0.3) is 5.91 Å². The fourth-order valence-corrected chi connectivity index (χ4v) is 3.65. The van der Waals surface area contributed by atoms with Crippen molar-refractivity contribution < 1.29 is 4.79 Å². The molecule has 0 saturated heterocycles. The second kappa shape index (κ2) is 8.05. The largest absolute Gasteiger partial charge is 0.298 e. The standard InChI is InChI=1S/C23H16N4OS/c1-15-20(7-4-12-25-15)22(28)27-23-26-21(14-29-23)18-6-3-5-17(13-18)16-8-10-19(24-2)11-9-16/h3-14H,1H3,(H,26,27,28). The van der Waals surface area contributed by atoms with Crippen LogP contribution in [-0.4, -0.2) is 15.9 Å². The van der Waals surface area contributed by atoms with Crippen LogP contribution in [0.4, 0.5) is 10.8 Å². The molecule has 0 spiro atoms. The molecule has 1 amide bonds. The molecule has 0 unspecified atom stereocenters. The number of nitrogens with one attached hydrogen (secondary N) is 1. The van der Waals surface area contributed by atoms with Gasteiger partial charge in [-0.3, -0.25) is 15.1 Å². The topological polar surface area (TPSA) is 59.2 Å². The van der Waals surface area contributed by atoms with Crippen LogP contribution in [0.3, 0.4) is 0 Å². The van der Waals surface area contributed by atoms with Crippen molar-refractivity contribution in [3.63, 3.8) is 0 Å². The van der Waals surface area contributed by atoms with Gasteiger partial charge in [-0.2, -0.15) is 0 Å². The Labute approximate surface area is 172 Å². The van der Waals surface area contributed by atoms with Gasteiger partial charge in [0.1, 0.15) is 0 Å². The van der Waals surface area contributed by atoms with Crippen molar-refractivity contribution in [1.82, 2.24) is 9.97 Å². The highest BCUT2D eigenvalue weighted by atomic mass is 32.1. The van der Waals surface area contributed by atoms with Crippen LogP contribution in [0.1, 0.15) is 16.1 Å². The molecule has 140 valence electrons. The first-order valence-corrected chi connectivity index (χ1v) is 9.79. The van der Waals surface area contributed by atoms with Crippen molar-refractivity contribution in [1.29, 1.82) is 0 Å². The van der Waals surface area contributed by atoms with Crippen molar-refractivity contribution >= 4 is 28.1 Å². The minimum atomic E-state index is -0.217. The number of aromatic nitrogens is 2. The molecule has 4 rings (SSSR count). The van der Waals surface area contributed by atoms with Crippen LogP contribution in [-0.2, 0) is 0 Å². The van der Waals surface area contributed by atoms with Crippen molar-refractivity contribution in [2.24, 2.45) is 0 Å². The summed E-state index contributed by atoms with van der Waals surface area (Å²) in [6, 6.07) is 19.0. The lowest BCUT2D eigenvalue weighted by atomic mass is 10.0. The van der Waals surface area contributed by atoms with Crippen LogP contribution in [0, 0.1) is 13.5 Å². The van der Waals surface area contributed by atoms with Crippen LogP contribution < -0.4 is 5.32 Å². The van der Waals surface area contributed by atoms with Crippen molar-refractivity contribution in [3.05, 3.63) is 94.9 Å². The molecule has 2 aromatic heterocycles.